The van der Waals surface area contributed by atoms with Gasteiger partial charge in [-0.3, -0.25) is 9.59 Å². The summed E-state index contributed by atoms with van der Waals surface area (Å²) in [4.78, 5) is 20.5. The highest BCUT2D eigenvalue weighted by molar-refractivity contribution is 5.72. The Kier molecular flexibility index (Phi) is 3.57. The summed E-state index contributed by atoms with van der Waals surface area (Å²) < 4.78 is 0. The van der Waals surface area contributed by atoms with Gasteiger partial charge in [-0.1, -0.05) is 13.8 Å². The lowest BCUT2D eigenvalue weighted by atomic mass is 9.93. The molecule has 0 unspecified atom stereocenters. The Morgan fingerprint density at radius 2 is 1.73 bits per heavy atom. The van der Waals surface area contributed by atoms with Crippen molar-refractivity contribution in [3.05, 3.63) is 0 Å². The van der Waals surface area contributed by atoms with Crippen molar-refractivity contribution in [3.63, 3.8) is 0 Å². The van der Waals surface area contributed by atoms with Gasteiger partial charge in [0.25, 0.3) is 0 Å². The van der Waals surface area contributed by atoms with Gasteiger partial charge in [-0.2, -0.15) is 0 Å². The van der Waals surface area contributed by atoms with Crippen LogP contribution in [-0.4, -0.2) is 22.2 Å². The molecule has 0 aliphatic carbocycles. The lowest BCUT2D eigenvalue weighted by molar-refractivity contribution is -0.144. The molecule has 0 amide bonds. The number of hydrogen-bond donors (Lipinski definition) is 2. The Morgan fingerprint density at radius 1 is 1.27 bits per heavy atom. The first kappa shape index (κ1) is 9.94. The van der Waals surface area contributed by atoms with Crippen LogP contribution < -0.4 is 0 Å². The second kappa shape index (κ2) is 3.95. The smallest absolute Gasteiger partial charge is 0.306 e. The standard InChI is InChI=1S/C7H12O4/c1-4(3-6(8)9)5(2)7(10)11/h4-5H,3H2,1-2H3,(H,8,9)(H,10,11)/t4-,5+/m0/s1. The van der Waals surface area contributed by atoms with Crippen LogP contribution in [0.25, 0.3) is 0 Å². The Hall–Kier alpha value is -1.06. The largest absolute Gasteiger partial charge is 0.481 e. The summed E-state index contributed by atoms with van der Waals surface area (Å²) in [7, 11) is 0. The highest BCUT2D eigenvalue weighted by Gasteiger charge is 2.21. The third-order valence-corrected chi connectivity index (χ3v) is 1.74. The van der Waals surface area contributed by atoms with E-state index in [1.165, 1.54) is 6.92 Å². The number of carbonyl (C=O) groups is 2. The van der Waals surface area contributed by atoms with E-state index in [1.807, 2.05) is 0 Å². The molecule has 0 bridgehead atoms. The summed E-state index contributed by atoms with van der Waals surface area (Å²) in [5.41, 5.74) is 0. The molecule has 0 fully saturated rings. The second-order valence-electron chi connectivity index (χ2n) is 2.70. The average molecular weight is 160 g/mol. The summed E-state index contributed by atoms with van der Waals surface area (Å²) in [6.07, 6.45) is -0.0898. The van der Waals surface area contributed by atoms with Crippen molar-refractivity contribution in [2.24, 2.45) is 11.8 Å². The van der Waals surface area contributed by atoms with E-state index in [9.17, 15) is 9.59 Å². The van der Waals surface area contributed by atoms with E-state index in [4.69, 9.17) is 10.2 Å². The van der Waals surface area contributed by atoms with E-state index in [-0.39, 0.29) is 12.3 Å². The maximum Gasteiger partial charge on any atom is 0.306 e. The predicted octanol–water partition coefficient (Wildman–Crippen LogP) is 0.818. The fraction of sp³-hybridized carbons (Fsp3) is 0.714. The van der Waals surface area contributed by atoms with Crippen LogP contribution >= 0.6 is 0 Å². The Balaban J connectivity index is 3.92. The van der Waals surface area contributed by atoms with Gasteiger partial charge >= 0.3 is 11.9 Å². The molecule has 4 nitrogen and oxygen atoms in total. The van der Waals surface area contributed by atoms with Crippen molar-refractivity contribution < 1.29 is 19.8 Å². The summed E-state index contributed by atoms with van der Waals surface area (Å²) in [5, 5.41) is 16.8. The molecule has 0 saturated heterocycles. The summed E-state index contributed by atoms with van der Waals surface area (Å²) in [5.74, 6) is -2.81. The molecular weight excluding hydrogens is 148 g/mol. The third-order valence-electron chi connectivity index (χ3n) is 1.74. The Morgan fingerprint density at radius 3 is 2.00 bits per heavy atom. The minimum Gasteiger partial charge on any atom is -0.481 e. The Labute approximate surface area is 64.8 Å². The number of carboxylic acid groups (broad SMARTS) is 2. The van der Waals surface area contributed by atoms with Crippen LogP contribution in [-0.2, 0) is 9.59 Å². The van der Waals surface area contributed by atoms with E-state index in [0.717, 1.165) is 0 Å². The van der Waals surface area contributed by atoms with Crippen molar-refractivity contribution in [3.8, 4) is 0 Å². The minimum absolute atomic E-state index is 0.0898. The number of hydrogen-bond acceptors (Lipinski definition) is 2. The Bertz CT molecular complexity index is 164. The van der Waals surface area contributed by atoms with Gasteiger partial charge in [0.05, 0.1) is 5.92 Å². The molecule has 0 rings (SSSR count). The zero-order valence-corrected chi connectivity index (χ0v) is 6.57. The van der Waals surface area contributed by atoms with Gasteiger partial charge in [0.1, 0.15) is 0 Å². The lowest BCUT2D eigenvalue weighted by Crippen LogP contribution is -2.20. The molecule has 0 aromatic carbocycles. The first-order chi connectivity index (χ1) is 4.95. The van der Waals surface area contributed by atoms with Crippen molar-refractivity contribution >= 4 is 11.9 Å². The van der Waals surface area contributed by atoms with Crippen LogP contribution in [0.1, 0.15) is 20.3 Å². The molecule has 0 aliphatic rings. The molecular formula is C7H12O4. The molecule has 0 aromatic rings. The van der Waals surface area contributed by atoms with Gasteiger partial charge in [-0.15, -0.1) is 0 Å². The number of carboxylic acids is 2. The molecule has 0 radical (unpaired) electrons. The van der Waals surface area contributed by atoms with Gasteiger partial charge in [-0.05, 0) is 5.92 Å². The fourth-order valence-electron chi connectivity index (χ4n) is 0.696. The second-order valence-corrected chi connectivity index (χ2v) is 2.70. The van der Waals surface area contributed by atoms with E-state index in [1.54, 1.807) is 6.92 Å². The predicted molar refractivity (Wildman–Crippen MR) is 38.2 cm³/mol. The SMILES string of the molecule is C[C@@H](CC(=O)O)[C@@H](C)C(=O)O. The monoisotopic (exact) mass is 160 g/mol. The topological polar surface area (TPSA) is 74.6 Å². The number of aliphatic carboxylic acids is 2. The van der Waals surface area contributed by atoms with Crippen molar-refractivity contribution in [2.45, 2.75) is 20.3 Å². The molecule has 0 aliphatic heterocycles. The van der Waals surface area contributed by atoms with Gasteiger partial charge in [0.2, 0.25) is 0 Å². The zero-order chi connectivity index (χ0) is 9.02. The molecule has 0 aromatic heterocycles. The maximum absolute atomic E-state index is 10.3. The van der Waals surface area contributed by atoms with Crippen molar-refractivity contribution in [1.82, 2.24) is 0 Å². The highest BCUT2D eigenvalue weighted by atomic mass is 16.4. The lowest BCUT2D eigenvalue weighted by Gasteiger charge is -2.12. The minimum atomic E-state index is -0.953. The van der Waals surface area contributed by atoms with Crippen LogP contribution in [0.2, 0.25) is 0 Å². The number of rotatable bonds is 4. The fourth-order valence-corrected chi connectivity index (χ4v) is 0.696. The van der Waals surface area contributed by atoms with Crippen molar-refractivity contribution in [2.75, 3.05) is 0 Å². The molecule has 11 heavy (non-hydrogen) atoms. The van der Waals surface area contributed by atoms with Crippen molar-refractivity contribution in [1.29, 1.82) is 0 Å². The van der Waals surface area contributed by atoms with Crippen LogP contribution in [0.5, 0.6) is 0 Å². The first-order valence-electron chi connectivity index (χ1n) is 3.39. The van der Waals surface area contributed by atoms with Crippen LogP contribution in [0.3, 0.4) is 0 Å². The third kappa shape index (κ3) is 3.60. The average Bonchev–Trinajstić information content (AvgIpc) is 1.84. The summed E-state index contributed by atoms with van der Waals surface area (Å²) in [6.45, 7) is 3.13. The molecule has 0 saturated carbocycles. The van der Waals surface area contributed by atoms with E-state index < -0.39 is 17.9 Å². The van der Waals surface area contributed by atoms with Gasteiger partial charge in [0.15, 0.2) is 0 Å². The van der Waals surface area contributed by atoms with E-state index >= 15 is 0 Å². The van der Waals surface area contributed by atoms with Gasteiger partial charge < -0.3 is 10.2 Å². The molecule has 0 heterocycles. The maximum atomic E-state index is 10.3. The van der Waals surface area contributed by atoms with Gasteiger partial charge in [0, 0.05) is 6.42 Å². The summed E-state index contributed by atoms with van der Waals surface area (Å²) >= 11 is 0. The molecule has 64 valence electrons. The van der Waals surface area contributed by atoms with E-state index in [0.29, 0.717) is 0 Å². The van der Waals surface area contributed by atoms with Crippen LogP contribution in [0.15, 0.2) is 0 Å². The first-order valence-corrected chi connectivity index (χ1v) is 3.39. The highest BCUT2D eigenvalue weighted by Crippen LogP contribution is 2.14. The summed E-state index contributed by atoms with van der Waals surface area (Å²) in [6, 6.07) is 0. The molecule has 2 N–H and O–H groups in total. The zero-order valence-electron chi connectivity index (χ0n) is 6.57. The van der Waals surface area contributed by atoms with Crippen LogP contribution in [0, 0.1) is 11.8 Å². The van der Waals surface area contributed by atoms with E-state index in [2.05, 4.69) is 0 Å². The normalized spacial score (nSPS) is 15.5. The molecule has 0 spiro atoms. The van der Waals surface area contributed by atoms with Gasteiger partial charge in [-0.25, -0.2) is 0 Å². The molecule has 2 atom stereocenters. The molecule has 4 heteroatoms. The quantitative estimate of drug-likeness (QED) is 0.638. The van der Waals surface area contributed by atoms with Crippen LogP contribution in [0.4, 0.5) is 0 Å².